The molecule has 0 amide bonds. The van der Waals surface area contributed by atoms with Crippen LogP contribution in [0.1, 0.15) is 17.2 Å². The van der Waals surface area contributed by atoms with Gasteiger partial charge in [-0.1, -0.05) is 48.5 Å². The number of aromatic nitrogens is 3. The van der Waals surface area contributed by atoms with Crippen LogP contribution < -0.4 is 5.73 Å². The van der Waals surface area contributed by atoms with E-state index in [4.69, 9.17) is 5.73 Å². The number of benzene rings is 2. The van der Waals surface area contributed by atoms with Crippen LogP contribution in [-0.2, 0) is 0 Å². The van der Waals surface area contributed by atoms with Gasteiger partial charge in [-0.25, -0.2) is 9.50 Å². The van der Waals surface area contributed by atoms with Crippen molar-refractivity contribution in [2.24, 2.45) is 5.73 Å². The van der Waals surface area contributed by atoms with Crippen LogP contribution in [0.25, 0.3) is 28.2 Å². The Morgan fingerprint density at radius 1 is 0.826 bits per heavy atom. The fourth-order valence-electron chi connectivity index (χ4n) is 3.43. The number of hydrogen-bond donors (Lipinski definition) is 1. The molecule has 0 bridgehead atoms. The highest BCUT2D eigenvalue weighted by molar-refractivity contribution is 5.89. The van der Waals surface area contributed by atoms with Gasteiger partial charge in [-0.05, 0) is 34.4 Å². The van der Waals surface area contributed by atoms with Gasteiger partial charge in [-0.15, -0.1) is 5.10 Å². The van der Waals surface area contributed by atoms with Crippen LogP contribution in [0.5, 0.6) is 0 Å². The molecule has 0 saturated heterocycles. The van der Waals surface area contributed by atoms with Crippen molar-refractivity contribution in [2.75, 3.05) is 0 Å². The van der Waals surface area contributed by atoms with Crippen molar-refractivity contribution >= 4 is 5.65 Å². The van der Waals surface area contributed by atoms with E-state index in [2.05, 4.69) is 40.4 Å². The molecule has 2 aromatic heterocycles. The van der Waals surface area contributed by atoms with Crippen LogP contribution in [-0.4, -0.2) is 14.6 Å². The molecule has 0 fully saturated rings. The third-order valence-electron chi connectivity index (χ3n) is 4.48. The molecular weight excluding hydrogens is 284 g/mol. The monoisotopic (exact) mass is 298 g/mol. The standard InChI is InChI=1S/C19H14N4/c20-18-13-7-2-1-6-12(13)17-14(18)8-5-9-15(17)19-21-16-10-3-4-11-23(16)22-19/h1-11,18H,20H2. The van der Waals surface area contributed by atoms with Crippen LogP contribution >= 0.6 is 0 Å². The molecule has 4 aromatic rings. The summed E-state index contributed by atoms with van der Waals surface area (Å²) in [5, 5.41) is 4.62. The lowest BCUT2D eigenvalue weighted by atomic mass is 9.99. The zero-order valence-corrected chi connectivity index (χ0v) is 12.3. The van der Waals surface area contributed by atoms with Crippen molar-refractivity contribution in [1.29, 1.82) is 0 Å². The maximum Gasteiger partial charge on any atom is 0.182 e. The first kappa shape index (κ1) is 12.6. The molecule has 1 atom stereocenters. The van der Waals surface area contributed by atoms with Crippen molar-refractivity contribution in [1.82, 2.24) is 14.6 Å². The molecule has 2 N–H and O–H groups in total. The van der Waals surface area contributed by atoms with Gasteiger partial charge in [0.2, 0.25) is 0 Å². The molecular formula is C19H14N4. The molecule has 0 spiro atoms. The fraction of sp³-hybridized carbons (Fsp3) is 0.0526. The second kappa shape index (κ2) is 4.51. The molecule has 2 aromatic carbocycles. The van der Waals surface area contributed by atoms with E-state index in [1.54, 1.807) is 4.52 Å². The van der Waals surface area contributed by atoms with Crippen molar-refractivity contribution in [3.63, 3.8) is 0 Å². The smallest absolute Gasteiger partial charge is 0.182 e. The summed E-state index contributed by atoms with van der Waals surface area (Å²) in [5.74, 6) is 0.733. The van der Waals surface area contributed by atoms with Gasteiger partial charge in [0.05, 0.1) is 6.04 Å². The van der Waals surface area contributed by atoms with Gasteiger partial charge >= 0.3 is 0 Å². The van der Waals surface area contributed by atoms with Gasteiger partial charge in [0.1, 0.15) is 0 Å². The Bertz CT molecular complexity index is 1020. The number of hydrogen-bond acceptors (Lipinski definition) is 3. The highest BCUT2D eigenvalue weighted by atomic mass is 15.3. The van der Waals surface area contributed by atoms with Crippen molar-refractivity contribution in [2.45, 2.75) is 6.04 Å². The minimum Gasteiger partial charge on any atom is -0.320 e. The van der Waals surface area contributed by atoms with Gasteiger partial charge in [0.15, 0.2) is 11.5 Å². The molecule has 0 aliphatic heterocycles. The summed E-state index contributed by atoms with van der Waals surface area (Å²) in [6.07, 6.45) is 1.91. The van der Waals surface area contributed by atoms with Gasteiger partial charge in [0.25, 0.3) is 0 Å². The van der Waals surface area contributed by atoms with E-state index in [1.807, 2.05) is 36.5 Å². The van der Waals surface area contributed by atoms with Crippen molar-refractivity contribution in [3.8, 4) is 22.5 Å². The average Bonchev–Trinajstić information content (AvgIpc) is 3.15. The Balaban J connectivity index is 1.81. The van der Waals surface area contributed by atoms with E-state index in [-0.39, 0.29) is 6.04 Å². The Hall–Kier alpha value is -2.98. The summed E-state index contributed by atoms with van der Waals surface area (Å²) < 4.78 is 1.80. The summed E-state index contributed by atoms with van der Waals surface area (Å²) in [4.78, 5) is 4.67. The summed E-state index contributed by atoms with van der Waals surface area (Å²) in [6.45, 7) is 0. The van der Waals surface area contributed by atoms with Gasteiger partial charge in [-0.2, -0.15) is 0 Å². The van der Waals surface area contributed by atoms with Gasteiger partial charge < -0.3 is 5.73 Å². The van der Waals surface area contributed by atoms with Crippen LogP contribution in [0.4, 0.5) is 0 Å². The van der Waals surface area contributed by atoms with E-state index in [9.17, 15) is 0 Å². The van der Waals surface area contributed by atoms with Crippen LogP contribution in [0.15, 0.2) is 66.9 Å². The number of pyridine rings is 1. The average molecular weight is 298 g/mol. The summed E-state index contributed by atoms with van der Waals surface area (Å²) in [5.41, 5.74) is 13.0. The molecule has 4 nitrogen and oxygen atoms in total. The zero-order chi connectivity index (χ0) is 15.4. The highest BCUT2D eigenvalue weighted by Gasteiger charge is 2.28. The quantitative estimate of drug-likeness (QED) is 0.586. The fourth-order valence-corrected chi connectivity index (χ4v) is 3.43. The topological polar surface area (TPSA) is 56.2 Å². The van der Waals surface area contributed by atoms with Gasteiger partial charge in [0, 0.05) is 11.8 Å². The molecule has 110 valence electrons. The summed E-state index contributed by atoms with van der Waals surface area (Å²) in [6, 6.07) is 20.3. The van der Waals surface area contributed by atoms with Crippen molar-refractivity contribution < 1.29 is 0 Å². The largest absolute Gasteiger partial charge is 0.320 e. The number of nitrogens with zero attached hydrogens (tertiary/aromatic N) is 3. The predicted molar refractivity (Wildman–Crippen MR) is 89.9 cm³/mol. The lowest BCUT2D eigenvalue weighted by Gasteiger charge is -2.07. The van der Waals surface area contributed by atoms with Crippen LogP contribution in [0, 0.1) is 0 Å². The van der Waals surface area contributed by atoms with E-state index in [0.717, 1.165) is 28.2 Å². The highest BCUT2D eigenvalue weighted by Crippen LogP contribution is 2.46. The molecule has 0 saturated carbocycles. The summed E-state index contributed by atoms with van der Waals surface area (Å²) in [7, 11) is 0. The van der Waals surface area contributed by atoms with Gasteiger partial charge in [-0.3, -0.25) is 0 Å². The van der Waals surface area contributed by atoms with E-state index >= 15 is 0 Å². The molecule has 23 heavy (non-hydrogen) atoms. The van der Waals surface area contributed by atoms with Crippen LogP contribution in [0.2, 0.25) is 0 Å². The SMILES string of the molecule is NC1c2ccccc2-c2c(-c3nc4ccccn4n3)cccc21. The zero-order valence-electron chi connectivity index (χ0n) is 12.3. The molecule has 1 unspecified atom stereocenters. The number of fused-ring (bicyclic) bond motifs is 4. The van der Waals surface area contributed by atoms with E-state index < -0.39 is 0 Å². The second-order valence-electron chi connectivity index (χ2n) is 5.77. The maximum atomic E-state index is 6.43. The molecule has 1 aliphatic carbocycles. The number of nitrogens with two attached hydrogens (primary N) is 1. The number of rotatable bonds is 1. The van der Waals surface area contributed by atoms with Crippen LogP contribution in [0.3, 0.4) is 0 Å². The summed E-state index contributed by atoms with van der Waals surface area (Å²) >= 11 is 0. The van der Waals surface area contributed by atoms with E-state index in [1.165, 1.54) is 11.1 Å². The lowest BCUT2D eigenvalue weighted by molar-refractivity contribution is 0.901. The molecule has 5 rings (SSSR count). The Morgan fingerprint density at radius 3 is 2.52 bits per heavy atom. The van der Waals surface area contributed by atoms with E-state index in [0.29, 0.717) is 0 Å². The molecule has 1 aliphatic rings. The lowest BCUT2D eigenvalue weighted by Crippen LogP contribution is -2.07. The predicted octanol–water partition coefficient (Wildman–Crippen LogP) is 3.42. The Morgan fingerprint density at radius 2 is 1.61 bits per heavy atom. The van der Waals surface area contributed by atoms with Crippen molar-refractivity contribution in [3.05, 3.63) is 78.0 Å². The molecule has 4 heteroatoms. The third kappa shape index (κ3) is 1.69. The Labute approximate surface area is 133 Å². The first-order valence-electron chi connectivity index (χ1n) is 7.62. The first-order chi connectivity index (χ1) is 11.3. The second-order valence-corrected chi connectivity index (χ2v) is 5.77. The maximum absolute atomic E-state index is 6.43. The molecule has 2 heterocycles. The minimum atomic E-state index is -0.0850. The normalized spacial score (nSPS) is 15.6. The molecule has 0 radical (unpaired) electrons. The minimum absolute atomic E-state index is 0.0850. The first-order valence-corrected chi connectivity index (χ1v) is 7.62. The Kier molecular flexibility index (Phi) is 2.46. The third-order valence-corrected chi connectivity index (χ3v) is 4.48.